The first-order valence-corrected chi connectivity index (χ1v) is 4.60. The third-order valence-electron chi connectivity index (χ3n) is 0.829. The van der Waals surface area contributed by atoms with Crippen LogP contribution in [0.4, 0.5) is 0 Å². The molecule has 0 aliphatic carbocycles. The van der Waals surface area contributed by atoms with Gasteiger partial charge >= 0.3 is 5.91 Å². The van der Waals surface area contributed by atoms with Gasteiger partial charge in [0.15, 0.2) is 0 Å². The fraction of sp³-hybridized carbons (Fsp3) is 0.429. The van der Waals surface area contributed by atoms with Gasteiger partial charge in [0.05, 0.1) is 5.75 Å². The summed E-state index contributed by atoms with van der Waals surface area (Å²) in [6, 6.07) is 0. The lowest BCUT2D eigenvalue weighted by Crippen LogP contribution is -2.41. The minimum Gasteiger partial charge on any atom is -0.272 e. The summed E-state index contributed by atoms with van der Waals surface area (Å²) in [5.41, 5.74) is 4.35. The zero-order chi connectivity index (χ0) is 9.40. The lowest BCUT2D eigenvalue weighted by Gasteiger charge is -2.01. The number of hydrogen-bond acceptors (Lipinski definition) is 3. The highest BCUT2D eigenvalue weighted by Crippen LogP contribution is 1.87. The summed E-state index contributed by atoms with van der Waals surface area (Å²) < 4.78 is 0. The van der Waals surface area contributed by atoms with Gasteiger partial charge in [0.1, 0.15) is 0 Å². The van der Waals surface area contributed by atoms with Crippen molar-refractivity contribution in [1.82, 2.24) is 10.9 Å². The smallest absolute Gasteiger partial charge is 0.272 e. The number of hydrogen-bond donors (Lipinski definition) is 2. The van der Waals surface area contributed by atoms with Gasteiger partial charge in [-0.1, -0.05) is 5.92 Å². The third-order valence-corrected chi connectivity index (χ3v) is 1.38. The highest BCUT2D eigenvalue weighted by atomic mass is 32.2. The Kier molecular flexibility index (Phi) is 5.93. The van der Waals surface area contributed by atoms with Crippen LogP contribution in [0.3, 0.4) is 0 Å². The first-order chi connectivity index (χ1) is 5.70. The van der Waals surface area contributed by atoms with Crippen LogP contribution in [0.2, 0.25) is 0 Å². The van der Waals surface area contributed by atoms with Crippen molar-refractivity contribution in [3.05, 3.63) is 0 Å². The van der Waals surface area contributed by atoms with Crippen molar-refractivity contribution in [2.45, 2.75) is 6.92 Å². The lowest BCUT2D eigenvalue weighted by molar-refractivity contribution is -0.124. The van der Waals surface area contributed by atoms with Gasteiger partial charge < -0.3 is 0 Å². The van der Waals surface area contributed by atoms with Gasteiger partial charge in [-0.3, -0.25) is 20.4 Å². The Morgan fingerprint density at radius 3 is 2.58 bits per heavy atom. The molecule has 0 aromatic carbocycles. The minimum atomic E-state index is -0.507. The molecule has 0 atom stereocenters. The highest BCUT2D eigenvalue weighted by molar-refractivity contribution is 7.99. The molecule has 0 bridgehead atoms. The van der Waals surface area contributed by atoms with Gasteiger partial charge in [0, 0.05) is 0 Å². The monoisotopic (exact) mass is 186 g/mol. The Hall–Kier alpha value is -1.15. The molecular formula is C7H10N2O2S. The molecule has 0 aromatic rings. The van der Waals surface area contributed by atoms with Gasteiger partial charge in [0.25, 0.3) is 0 Å². The van der Waals surface area contributed by atoms with E-state index in [4.69, 9.17) is 0 Å². The van der Waals surface area contributed by atoms with E-state index < -0.39 is 5.91 Å². The van der Waals surface area contributed by atoms with Crippen LogP contribution in [0.5, 0.6) is 0 Å². The number of amides is 2. The largest absolute Gasteiger partial charge is 0.314 e. The zero-order valence-electron chi connectivity index (χ0n) is 6.93. The van der Waals surface area contributed by atoms with E-state index in [-0.39, 0.29) is 5.91 Å². The van der Waals surface area contributed by atoms with Crippen molar-refractivity contribution in [3.63, 3.8) is 0 Å². The van der Waals surface area contributed by atoms with Crippen molar-refractivity contribution in [2.24, 2.45) is 0 Å². The quantitative estimate of drug-likeness (QED) is 0.452. The third kappa shape index (κ3) is 5.62. The van der Waals surface area contributed by atoms with Crippen molar-refractivity contribution in [2.75, 3.05) is 12.0 Å². The molecule has 4 nitrogen and oxygen atoms in total. The molecule has 0 spiro atoms. The molecule has 0 unspecified atom stereocenters. The Morgan fingerprint density at radius 1 is 1.42 bits per heavy atom. The van der Waals surface area contributed by atoms with Gasteiger partial charge in [-0.25, -0.2) is 0 Å². The molecule has 0 rings (SSSR count). The average molecular weight is 186 g/mol. The summed E-state index contributed by atoms with van der Waals surface area (Å²) in [6.07, 6.45) is 1.80. The first kappa shape index (κ1) is 10.8. The molecule has 0 heterocycles. The minimum absolute atomic E-state index is 0.242. The summed E-state index contributed by atoms with van der Waals surface area (Å²) in [4.78, 5) is 21.4. The number of carbonyl (C=O) groups excluding carboxylic acids is 2. The van der Waals surface area contributed by atoms with Crippen LogP contribution in [-0.4, -0.2) is 23.8 Å². The summed E-state index contributed by atoms with van der Waals surface area (Å²) >= 11 is 1.38. The molecule has 12 heavy (non-hydrogen) atoms. The molecule has 2 N–H and O–H groups in total. The maximum absolute atomic E-state index is 10.8. The standard InChI is InChI=1S/C7H10N2O2S/c1-3-4-6(10)8-9-7(11)5-12-2/h5H2,1-2H3,(H,8,10)(H,9,11). The van der Waals surface area contributed by atoms with Crippen molar-refractivity contribution >= 4 is 23.6 Å². The second kappa shape index (κ2) is 6.55. The predicted molar refractivity (Wildman–Crippen MR) is 48.1 cm³/mol. The van der Waals surface area contributed by atoms with E-state index in [9.17, 15) is 9.59 Å². The number of thioether (sulfide) groups is 1. The molecule has 0 aliphatic heterocycles. The normalized spacial score (nSPS) is 7.83. The summed E-state index contributed by atoms with van der Waals surface area (Å²) in [6.45, 7) is 1.54. The number of hydrazine groups is 1. The van der Waals surface area contributed by atoms with E-state index >= 15 is 0 Å². The Morgan fingerprint density at radius 2 is 2.08 bits per heavy atom. The van der Waals surface area contributed by atoms with Gasteiger partial charge in [0.2, 0.25) is 5.91 Å². The van der Waals surface area contributed by atoms with E-state index in [0.717, 1.165) is 0 Å². The Labute approximate surface area is 75.4 Å². The van der Waals surface area contributed by atoms with Gasteiger partial charge in [-0.15, -0.1) is 0 Å². The second-order valence-electron chi connectivity index (χ2n) is 1.81. The summed E-state index contributed by atoms with van der Waals surface area (Å²) in [5.74, 6) is 4.20. The fourth-order valence-corrected chi connectivity index (χ4v) is 0.773. The van der Waals surface area contributed by atoms with Crippen LogP contribution in [0.15, 0.2) is 0 Å². The lowest BCUT2D eigenvalue weighted by atomic mass is 10.6. The van der Waals surface area contributed by atoms with Crippen LogP contribution < -0.4 is 10.9 Å². The second-order valence-corrected chi connectivity index (χ2v) is 2.68. The summed E-state index contributed by atoms with van der Waals surface area (Å²) in [5, 5.41) is 0. The van der Waals surface area contributed by atoms with Crippen molar-refractivity contribution < 1.29 is 9.59 Å². The van der Waals surface area contributed by atoms with Crippen LogP contribution in [0, 0.1) is 11.8 Å². The first-order valence-electron chi connectivity index (χ1n) is 3.21. The van der Waals surface area contributed by atoms with Crippen molar-refractivity contribution in [3.8, 4) is 11.8 Å². The number of nitrogens with one attached hydrogen (secondary N) is 2. The molecule has 5 heteroatoms. The molecule has 0 radical (unpaired) electrons. The highest BCUT2D eigenvalue weighted by Gasteiger charge is 1.99. The van der Waals surface area contributed by atoms with Crippen LogP contribution in [0.1, 0.15) is 6.92 Å². The molecule has 2 amide bonds. The van der Waals surface area contributed by atoms with Crippen LogP contribution >= 0.6 is 11.8 Å². The number of carbonyl (C=O) groups is 2. The van der Waals surface area contributed by atoms with E-state index in [1.54, 1.807) is 13.2 Å². The Balaban J connectivity index is 3.59. The predicted octanol–water partition coefficient (Wildman–Crippen LogP) is -0.480. The number of rotatable bonds is 2. The molecule has 0 aliphatic rings. The summed E-state index contributed by atoms with van der Waals surface area (Å²) in [7, 11) is 0. The topological polar surface area (TPSA) is 58.2 Å². The average Bonchev–Trinajstić information content (AvgIpc) is 2.02. The maximum atomic E-state index is 10.8. The molecular weight excluding hydrogens is 176 g/mol. The molecule has 66 valence electrons. The molecule has 0 aromatic heterocycles. The van der Waals surface area contributed by atoms with E-state index in [1.807, 2.05) is 0 Å². The van der Waals surface area contributed by atoms with Gasteiger partial charge in [-0.2, -0.15) is 11.8 Å². The fourth-order valence-electron chi connectivity index (χ4n) is 0.438. The maximum Gasteiger partial charge on any atom is 0.314 e. The Bertz CT molecular complexity index is 229. The van der Waals surface area contributed by atoms with Gasteiger partial charge in [-0.05, 0) is 19.1 Å². The zero-order valence-corrected chi connectivity index (χ0v) is 7.75. The van der Waals surface area contributed by atoms with Crippen LogP contribution in [-0.2, 0) is 9.59 Å². The van der Waals surface area contributed by atoms with Crippen LogP contribution in [0.25, 0.3) is 0 Å². The molecule has 0 saturated carbocycles. The van der Waals surface area contributed by atoms with Crippen molar-refractivity contribution in [1.29, 1.82) is 0 Å². The molecule has 0 fully saturated rings. The van der Waals surface area contributed by atoms with E-state index in [1.165, 1.54) is 11.8 Å². The van der Waals surface area contributed by atoms with E-state index in [0.29, 0.717) is 5.75 Å². The van der Waals surface area contributed by atoms with E-state index in [2.05, 4.69) is 22.7 Å². The SMILES string of the molecule is CC#CC(=O)NNC(=O)CSC. The molecule has 0 saturated heterocycles.